The highest BCUT2D eigenvalue weighted by Crippen LogP contribution is 2.34. The summed E-state index contributed by atoms with van der Waals surface area (Å²) in [6.07, 6.45) is 0.372. The zero-order chi connectivity index (χ0) is 20.0. The lowest BCUT2D eigenvalue weighted by Crippen LogP contribution is -2.31. The molecule has 0 saturated carbocycles. The van der Waals surface area contributed by atoms with E-state index in [2.05, 4.69) is 10.6 Å². The second kappa shape index (κ2) is 9.02. The molecule has 0 aromatic heterocycles. The quantitative estimate of drug-likeness (QED) is 0.717. The Labute approximate surface area is 154 Å². The van der Waals surface area contributed by atoms with Gasteiger partial charge in [0.05, 0.1) is 27.0 Å². The second-order valence-electron chi connectivity index (χ2n) is 5.37. The fraction of sp³-hybridized carbons (Fsp3) is 0.278. The van der Waals surface area contributed by atoms with E-state index in [9.17, 15) is 18.0 Å². The molecule has 9 heteroatoms. The van der Waals surface area contributed by atoms with E-state index in [0.29, 0.717) is 23.7 Å². The molecule has 146 valence electrons. The van der Waals surface area contributed by atoms with Crippen molar-refractivity contribution < 1.29 is 32.2 Å². The van der Waals surface area contributed by atoms with Crippen molar-refractivity contribution in [1.82, 2.24) is 5.32 Å². The topological polar surface area (TPSA) is 68.8 Å². The Morgan fingerprint density at radius 1 is 0.926 bits per heavy atom. The number of amides is 2. The Hall–Kier alpha value is -3.10. The molecule has 2 aromatic rings. The molecule has 0 radical (unpaired) electrons. The summed E-state index contributed by atoms with van der Waals surface area (Å²) in [5.74, 6) is -2.91. The molecular formula is C18H19F3N2O4. The Morgan fingerprint density at radius 2 is 1.56 bits per heavy atom. The Balaban J connectivity index is 2.00. The summed E-state index contributed by atoms with van der Waals surface area (Å²) in [4.78, 5) is 11.8. The number of methoxy groups -OCH3 is 3. The van der Waals surface area contributed by atoms with Crippen molar-refractivity contribution in [3.8, 4) is 17.2 Å². The number of rotatable bonds is 7. The van der Waals surface area contributed by atoms with Crippen LogP contribution < -0.4 is 24.8 Å². The van der Waals surface area contributed by atoms with Gasteiger partial charge in [0.15, 0.2) is 29.0 Å². The van der Waals surface area contributed by atoms with Gasteiger partial charge in [-0.05, 0) is 30.2 Å². The number of anilines is 1. The van der Waals surface area contributed by atoms with Crippen LogP contribution in [-0.4, -0.2) is 33.9 Å². The van der Waals surface area contributed by atoms with E-state index in [0.717, 1.165) is 17.7 Å². The smallest absolute Gasteiger partial charge is 0.319 e. The van der Waals surface area contributed by atoms with Crippen LogP contribution in [-0.2, 0) is 6.42 Å². The van der Waals surface area contributed by atoms with Crippen LogP contribution in [0.3, 0.4) is 0 Å². The molecular weight excluding hydrogens is 365 g/mol. The summed E-state index contributed by atoms with van der Waals surface area (Å²) in [5.41, 5.74) is 0.282. The van der Waals surface area contributed by atoms with Gasteiger partial charge < -0.3 is 24.8 Å². The summed E-state index contributed by atoms with van der Waals surface area (Å²) in [5, 5.41) is 4.62. The van der Waals surface area contributed by atoms with Crippen molar-refractivity contribution in [2.24, 2.45) is 0 Å². The first kappa shape index (κ1) is 20.2. The van der Waals surface area contributed by atoms with E-state index in [1.54, 1.807) is 12.1 Å². The first-order valence-electron chi connectivity index (χ1n) is 7.88. The number of carbonyl (C=O) groups is 1. The average molecular weight is 384 g/mol. The zero-order valence-electron chi connectivity index (χ0n) is 15.0. The number of urea groups is 1. The number of hydrogen-bond donors (Lipinski definition) is 2. The molecule has 2 rings (SSSR count). The molecule has 0 aliphatic heterocycles. The number of hydrogen-bond acceptors (Lipinski definition) is 4. The van der Waals surface area contributed by atoms with Crippen molar-refractivity contribution in [3.05, 3.63) is 47.3 Å². The predicted molar refractivity (Wildman–Crippen MR) is 93.1 cm³/mol. The minimum atomic E-state index is -1.65. The molecule has 2 amide bonds. The van der Waals surface area contributed by atoms with Crippen LogP contribution in [0.25, 0.3) is 0 Å². The van der Waals surface area contributed by atoms with Crippen LogP contribution in [0, 0.1) is 17.5 Å². The third-order valence-corrected chi connectivity index (χ3v) is 3.75. The summed E-state index contributed by atoms with van der Waals surface area (Å²) in [6.45, 7) is 0.170. The Morgan fingerprint density at radius 3 is 2.19 bits per heavy atom. The molecule has 0 bridgehead atoms. The molecule has 2 N–H and O–H groups in total. The highest BCUT2D eigenvalue weighted by atomic mass is 19.2. The van der Waals surface area contributed by atoms with Gasteiger partial charge in [-0.15, -0.1) is 0 Å². The van der Waals surface area contributed by atoms with Crippen LogP contribution in [0.15, 0.2) is 24.3 Å². The highest BCUT2D eigenvalue weighted by molar-refractivity contribution is 5.89. The lowest BCUT2D eigenvalue weighted by atomic mass is 10.1. The molecule has 0 unspecified atom stereocenters. The Kier molecular flexibility index (Phi) is 6.75. The minimum Gasteiger partial charge on any atom is -0.496 e. The maximum absolute atomic E-state index is 13.6. The SMILES string of the molecule is COc1cc(OC)c(OC)cc1CCNC(=O)Nc1ccc(F)c(F)c1F. The normalized spacial score (nSPS) is 10.3. The molecule has 0 aliphatic carbocycles. The van der Waals surface area contributed by atoms with Gasteiger partial charge in [-0.3, -0.25) is 0 Å². The molecule has 0 heterocycles. The van der Waals surface area contributed by atoms with Crippen molar-refractivity contribution in [1.29, 1.82) is 0 Å². The molecule has 0 saturated heterocycles. The van der Waals surface area contributed by atoms with Gasteiger partial charge in [0, 0.05) is 12.6 Å². The van der Waals surface area contributed by atoms with Crippen molar-refractivity contribution >= 4 is 11.7 Å². The Bertz CT molecular complexity index is 831. The van der Waals surface area contributed by atoms with E-state index in [1.807, 2.05) is 0 Å². The molecule has 2 aromatic carbocycles. The van der Waals surface area contributed by atoms with Gasteiger partial charge in [0.2, 0.25) is 0 Å². The predicted octanol–water partition coefficient (Wildman–Crippen LogP) is 3.49. The number of carbonyl (C=O) groups excluding carboxylic acids is 1. The lowest BCUT2D eigenvalue weighted by Gasteiger charge is -2.14. The largest absolute Gasteiger partial charge is 0.496 e. The third-order valence-electron chi connectivity index (χ3n) is 3.75. The first-order valence-corrected chi connectivity index (χ1v) is 7.88. The van der Waals surface area contributed by atoms with E-state index in [1.165, 1.54) is 21.3 Å². The van der Waals surface area contributed by atoms with Crippen molar-refractivity contribution in [3.63, 3.8) is 0 Å². The van der Waals surface area contributed by atoms with Crippen molar-refractivity contribution in [2.45, 2.75) is 6.42 Å². The van der Waals surface area contributed by atoms with Crippen molar-refractivity contribution in [2.75, 3.05) is 33.2 Å². The number of nitrogens with one attached hydrogen (secondary N) is 2. The maximum atomic E-state index is 13.6. The highest BCUT2D eigenvalue weighted by Gasteiger charge is 2.16. The monoisotopic (exact) mass is 384 g/mol. The van der Waals surface area contributed by atoms with Gasteiger partial charge in [0.1, 0.15) is 5.75 Å². The standard InChI is InChI=1S/C18H19F3N2O4/c1-25-13-9-15(27-3)14(26-2)8-10(13)6-7-22-18(24)23-12-5-4-11(19)16(20)17(12)21/h4-5,8-9H,6-7H2,1-3H3,(H2,22,23,24). The van der Waals surface area contributed by atoms with E-state index in [4.69, 9.17) is 14.2 Å². The zero-order valence-corrected chi connectivity index (χ0v) is 15.0. The summed E-state index contributed by atoms with van der Waals surface area (Å²) in [6, 6.07) is 4.27. The average Bonchev–Trinajstić information content (AvgIpc) is 2.67. The molecule has 0 aliphatic rings. The lowest BCUT2D eigenvalue weighted by molar-refractivity contribution is 0.252. The van der Waals surface area contributed by atoms with E-state index < -0.39 is 29.2 Å². The second-order valence-corrected chi connectivity index (χ2v) is 5.37. The summed E-state index contributed by atoms with van der Waals surface area (Å²) < 4.78 is 55.4. The maximum Gasteiger partial charge on any atom is 0.319 e. The summed E-state index contributed by atoms with van der Waals surface area (Å²) >= 11 is 0. The van der Waals surface area contributed by atoms with Gasteiger partial charge >= 0.3 is 6.03 Å². The van der Waals surface area contributed by atoms with E-state index in [-0.39, 0.29) is 6.54 Å². The van der Waals surface area contributed by atoms with Crippen LogP contribution in [0.4, 0.5) is 23.7 Å². The van der Waals surface area contributed by atoms with Gasteiger partial charge in [-0.2, -0.15) is 0 Å². The summed E-state index contributed by atoms with van der Waals surface area (Å²) in [7, 11) is 4.49. The van der Waals surface area contributed by atoms with Gasteiger partial charge in [0.25, 0.3) is 0 Å². The number of ether oxygens (including phenoxy) is 3. The van der Waals surface area contributed by atoms with Crippen LogP contribution in [0.1, 0.15) is 5.56 Å². The molecule has 0 atom stereocenters. The fourth-order valence-electron chi connectivity index (χ4n) is 2.39. The minimum absolute atomic E-state index is 0.170. The molecule has 0 fully saturated rings. The fourth-order valence-corrected chi connectivity index (χ4v) is 2.39. The molecule has 6 nitrogen and oxygen atoms in total. The number of benzene rings is 2. The molecule has 27 heavy (non-hydrogen) atoms. The van der Waals surface area contributed by atoms with Gasteiger partial charge in [-0.25, -0.2) is 18.0 Å². The third kappa shape index (κ3) is 4.75. The molecule has 0 spiro atoms. The van der Waals surface area contributed by atoms with Crippen LogP contribution in [0.2, 0.25) is 0 Å². The first-order chi connectivity index (χ1) is 12.9. The number of halogens is 3. The van der Waals surface area contributed by atoms with E-state index >= 15 is 0 Å². The van der Waals surface area contributed by atoms with Gasteiger partial charge in [-0.1, -0.05) is 0 Å². The van der Waals surface area contributed by atoms with Crippen LogP contribution in [0.5, 0.6) is 17.2 Å². The van der Waals surface area contributed by atoms with Crippen LogP contribution >= 0.6 is 0 Å².